The molecule has 2 nitrogen and oxygen atoms in total. The van der Waals surface area contributed by atoms with Gasteiger partial charge in [0.15, 0.2) is 0 Å². The molecular weight excluding hydrogens is 284 g/mol. The third kappa shape index (κ3) is 1.93. The Kier molecular flexibility index (Phi) is 3.40. The van der Waals surface area contributed by atoms with Crippen molar-refractivity contribution in [3.63, 3.8) is 0 Å². The Labute approximate surface area is 88.8 Å². The number of hydrogen-bond donors (Lipinski definition) is 2. The number of anilines is 2. The van der Waals surface area contributed by atoms with Crippen molar-refractivity contribution in [1.82, 2.24) is 0 Å². The van der Waals surface area contributed by atoms with Gasteiger partial charge in [-0.1, -0.05) is 15.9 Å². The second kappa shape index (κ2) is 4.14. The molecule has 12 heavy (non-hydrogen) atoms. The van der Waals surface area contributed by atoms with Gasteiger partial charge in [-0.3, -0.25) is 0 Å². The number of alkyl halides is 1. The zero-order valence-electron chi connectivity index (χ0n) is 6.70. The summed E-state index contributed by atoms with van der Waals surface area (Å²) in [5, 5.41) is 3.85. The molecule has 0 aliphatic heterocycles. The standard InChI is InChI=1S/C8H10Br2N2/c1-12-8-6(10)2-5(4-9)3-7(8)11/h2-3,12H,4,11H2,1H3. The molecule has 0 saturated heterocycles. The number of rotatable bonds is 2. The first-order chi connectivity index (χ1) is 5.69. The number of nitrogen functional groups attached to an aromatic ring is 1. The minimum absolute atomic E-state index is 0.765. The van der Waals surface area contributed by atoms with Gasteiger partial charge in [-0.25, -0.2) is 0 Å². The minimum atomic E-state index is 0.765. The van der Waals surface area contributed by atoms with Crippen LogP contribution in [0.1, 0.15) is 5.56 Å². The molecule has 0 unspecified atom stereocenters. The summed E-state index contributed by atoms with van der Waals surface area (Å²) in [4.78, 5) is 0. The lowest BCUT2D eigenvalue weighted by molar-refractivity contribution is 1.39. The van der Waals surface area contributed by atoms with Gasteiger partial charge in [0.1, 0.15) is 0 Å². The molecule has 1 aromatic carbocycles. The zero-order valence-corrected chi connectivity index (χ0v) is 9.87. The van der Waals surface area contributed by atoms with Crippen LogP contribution in [0.25, 0.3) is 0 Å². The Morgan fingerprint density at radius 2 is 2.17 bits per heavy atom. The molecule has 0 bridgehead atoms. The maximum Gasteiger partial charge on any atom is 0.0715 e. The molecule has 0 saturated carbocycles. The smallest absolute Gasteiger partial charge is 0.0715 e. The summed E-state index contributed by atoms with van der Waals surface area (Å²) in [5.41, 5.74) is 8.67. The van der Waals surface area contributed by atoms with E-state index in [1.165, 1.54) is 5.56 Å². The normalized spacial score (nSPS) is 9.92. The van der Waals surface area contributed by atoms with E-state index >= 15 is 0 Å². The van der Waals surface area contributed by atoms with Crippen LogP contribution in [0, 0.1) is 0 Å². The van der Waals surface area contributed by atoms with Gasteiger partial charge in [-0.05, 0) is 33.6 Å². The van der Waals surface area contributed by atoms with E-state index in [2.05, 4.69) is 37.2 Å². The molecule has 4 heteroatoms. The van der Waals surface area contributed by atoms with Gasteiger partial charge in [0, 0.05) is 16.9 Å². The van der Waals surface area contributed by atoms with Crippen LogP contribution < -0.4 is 11.1 Å². The SMILES string of the molecule is CNc1c(N)cc(CBr)cc1Br. The molecule has 0 spiro atoms. The van der Waals surface area contributed by atoms with E-state index in [-0.39, 0.29) is 0 Å². The predicted molar refractivity (Wildman–Crippen MR) is 60.7 cm³/mol. The fraction of sp³-hybridized carbons (Fsp3) is 0.250. The van der Waals surface area contributed by atoms with E-state index < -0.39 is 0 Å². The van der Waals surface area contributed by atoms with Gasteiger partial charge in [0.25, 0.3) is 0 Å². The van der Waals surface area contributed by atoms with E-state index in [1.807, 2.05) is 19.2 Å². The highest BCUT2D eigenvalue weighted by Crippen LogP contribution is 2.30. The highest BCUT2D eigenvalue weighted by molar-refractivity contribution is 9.10. The Balaban J connectivity index is 3.18. The molecule has 3 N–H and O–H groups in total. The van der Waals surface area contributed by atoms with Gasteiger partial charge in [-0.2, -0.15) is 0 Å². The Morgan fingerprint density at radius 1 is 1.50 bits per heavy atom. The van der Waals surface area contributed by atoms with Crippen molar-refractivity contribution in [2.75, 3.05) is 18.1 Å². The van der Waals surface area contributed by atoms with E-state index in [1.54, 1.807) is 0 Å². The van der Waals surface area contributed by atoms with Gasteiger partial charge in [-0.15, -0.1) is 0 Å². The van der Waals surface area contributed by atoms with E-state index in [9.17, 15) is 0 Å². The number of nitrogens with one attached hydrogen (secondary N) is 1. The van der Waals surface area contributed by atoms with Crippen LogP contribution in [0.15, 0.2) is 16.6 Å². The topological polar surface area (TPSA) is 38.0 Å². The molecule has 0 aliphatic carbocycles. The van der Waals surface area contributed by atoms with Crippen molar-refractivity contribution in [1.29, 1.82) is 0 Å². The van der Waals surface area contributed by atoms with Crippen LogP contribution in [-0.4, -0.2) is 7.05 Å². The van der Waals surface area contributed by atoms with Gasteiger partial charge in [0.05, 0.1) is 11.4 Å². The van der Waals surface area contributed by atoms with Crippen LogP contribution in [0.4, 0.5) is 11.4 Å². The second-order valence-corrected chi connectivity index (χ2v) is 3.84. The largest absolute Gasteiger partial charge is 0.397 e. The minimum Gasteiger partial charge on any atom is -0.397 e. The molecule has 0 aliphatic rings. The predicted octanol–water partition coefficient (Wildman–Crippen LogP) is 2.97. The molecule has 1 aromatic rings. The maximum absolute atomic E-state index is 5.79. The molecule has 1 rings (SSSR count). The molecule has 0 aromatic heterocycles. The van der Waals surface area contributed by atoms with Gasteiger partial charge >= 0.3 is 0 Å². The van der Waals surface area contributed by atoms with E-state index in [4.69, 9.17) is 5.73 Å². The van der Waals surface area contributed by atoms with E-state index in [0.29, 0.717) is 0 Å². The summed E-state index contributed by atoms with van der Waals surface area (Å²) in [5.74, 6) is 0. The summed E-state index contributed by atoms with van der Waals surface area (Å²) in [6.45, 7) is 0. The summed E-state index contributed by atoms with van der Waals surface area (Å²) in [6.07, 6.45) is 0. The highest BCUT2D eigenvalue weighted by Gasteiger charge is 2.03. The number of halogens is 2. The van der Waals surface area contributed by atoms with Crippen molar-refractivity contribution in [2.45, 2.75) is 5.33 Å². The average Bonchev–Trinajstić information content (AvgIpc) is 2.03. The van der Waals surface area contributed by atoms with Crippen LogP contribution in [0.3, 0.4) is 0 Å². The second-order valence-electron chi connectivity index (χ2n) is 2.43. The fourth-order valence-electron chi connectivity index (χ4n) is 1.03. The van der Waals surface area contributed by atoms with E-state index in [0.717, 1.165) is 21.2 Å². The van der Waals surface area contributed by atoms with Crippen molar-refractivity contribution in [3.8, 4) is 0 Å². The first-order valence-electron chi connectivity index (χ1n) is 3.50. The van der Waals surface area contributed by atoms with Crippen LogP contribution >= 0.6 is 31.9 Å². The lowest BCUT2D eigenvalue weighted by Gasteiger charge is -2.08. The Bertz CT molecular complexity index is 263. The molecular formula is C8H10Br2N2. The third-order valence-corrected chi connectivity index (χ3v) is 2.86. The lowest BCUT2D eigenvalue weighted by Crippen LogP contribution is -1.97. The number of hydrogen-bond acceptors (Lipinski definition) is 2. The summed E-state index contributed by atoms with van der Waals surface area (Å²) in [7, 11) is 1.85. The number of benzene rings is 1. The first kappa shape index (κ1) is 9.86. The average molecular weight is 294 g/mol. The zero-order chi connectivity index (χ0) is 9.14. The molecule has 0 amide bonds. The van der Waals surface area contributed by atoms with Crippen molar-refractivity contribution in [3.05, 3.63) is 22.2 Å². The van der Waals surface area contributed by atoms with Crippen LogP contribution in [0.2, 0.25) is 0 Å². The summed E-state index contributed by atoms with van der Waals surface area (Å²) < 4.78 is 0.999. The van der Waals surface area contributed by atoms with Gasteiger partial charge in [0.2, 0.25) is 0 Å². The summed E-state index contributed by atoms with van der Waals surface area (Å²) >= 11 is 6.81. The lowest BCUT2D eigenvalue weighted by atomic mass is 10.2. The third-order valence-electron chi connectivity index (χ3n) is 1.58. The molecule has 0 fully saturated rings. The number of nitrogens with two attached hydrogens (primary N) is 1. The fourth-order valence-corrected chi connectivity index (χ4v) is 2.07. The Morgan fingerprint density at radius 3 is 2.58 bits per heavy atom. The molecule has 0 atom stereocenters. The van der Waals surface area contributed by atoms with Crippen molar-refractivity contribution < 1.29 is 0 Å². The van der Waals surface area contributed by atoms with Gasteiger partial charge < -0.3 is 11.1 Å². The molecule has 0 radical (unpaired) electrons. The highest BCUT2D eigenvalue weighted by atomic mass is 79.9. The van der Waals surface area contributed by atoms with Crippen molar-refractivity contribution in [2.24, 2.45) is 0 Å². The van der Waals surface area contributed by atoms with Crippen LogP contribution in [0.5, 0.6) is 0 Å². The monoisotopic (exact) mass is 292 g/mol. The first-order valence-corrected chi connectivity index (χ1v) is 5.42. The molecule has 66 valence electrons. The van der Waals surface area contributed by atoms with Crippen molar-refractivity contribution >= 4 is 43.2 Å². The van der Waals surface area contributed by atoms with Crippen LogP contribution in [-0.2, 0) is 5.33 Å². The Hall–Kier alpha value is -0.220. The maximum atomic E-state index is 5.79. The quantitative estimate of drug-likeness (QED) is 0.650. The summed E-state index contributed by atoms with van der Waals surface area (Å²) in [6, 6.07) is 3.99. The molecule has 0 heterocycles.